The number of hydrogen-bond acceptors (Lipinski definition) is 9. The largest absolute Gasteiger partial charge is 0.478 e. The Hall–Kier alpha value is -6.26. The minimum Gasteiger partial charge on any atom is -0.478 e. The average Bonchev–Trinajstić information content (AvgIpc) is 3.94. The first-order valence-electron chi connectivity index (χ1n) is 18.2. The van der Waals surface area contributed by atoms with Crippen molar-refractivity contribution in [2.24, 2.45) is 0 Å². The number of nitrogens with one attached hydrogen (secondary N) is 5. The summed E-state index contributed by atoms with van der Waals surface area (Å²) in [6, 6.07) is 12.1. The summed E-state index contributed by atoms with van der Waals surface area (Å²) >= 11 is 0. The number of hydrogen-bond donors (Lipinski definition) is 6. The van der Waals surface area contributed by atoms with Crippen LogP contribution in [0.5, 0.6) is 0 Å². The van der Waals surface area contributed by atoms with Crippen molar-refractivity contribution in [3.63, 3.8) is 0 Å². The van der Waals surface area contributed by atoms with Gasteiger partial charge in [-0.15, -0.1) is 0 Å². The minimum atomic E-state index is -1.93. The van der Waals surface area contributed by atoms with Crippen LogP contribution < -0.4 is 5.32 Å². The van der Waals surface area contributed by atoms with Gasteiger partial charge in [0.15, 0.2) is 19.6 Å². The molecule has 0 fully saturated rings. The van der Waals surface area contributed by atoms with Crippen LogP contribution in [0.15, 0.2) is 61.2 Å². The molecule has 0 bridgehead atoms. The van der Waals surface area contributed by atoms with Crippen molar-refractivity contribution in [3.8, 4) is 22.8 Å². The number of aryl methyl sites for hydroxylation is 2. The quantitative estimate of drug-likeness (QED) is 0.0822. The summed E-state index contributed by atoms with van der Waals surface area (Å²) in [4.78, 5) is 48.2. The number of carbonyl (C=O) groups excluding carboxylic acids is 1. The number of rotatable bonds is 8. The second-order valence-electron chi connectivity index (χ2n) is 16.2. The van der Waals surface area contributed by atoms with E-state index in [1.165, 1.54) is 6.20 Å². The van der Waals surface area contributed by atoms with Crippen LogP contribution in [0.1, 0.15) is 66.5 Å². The van der Waals surface area contributed by atoms with Gasteiger partial charge in [0.2, 0.25) is 0 Å². The van der Waals surface area contributed by atoms with Crippen LogP contribution in [0, 0.1) is 13.8 Å². The Balaban J connectivity index is 0.000000187. The molecule has 6 N–H and O–H groups in total. The summed E-state index contributed by atoms with van der Waals surface area (Å²) in [5.41, 5.74) is 8.46. The molecule has 288 valence electrons. The fourth-order valence-electron chi connectivity index (χ4n) is 5.99. The lowest BCUT2D eigenvalue weighted by Crippen LogP contribution is -2.51. The molecule has 0 aliphatic rings. The first kappa shape index (κ1) is 38.0. The van der Waals surface area contributed by atoms with Crippen LogP contribution in [-0.4, -0.2) is 87.7 Å². The van der Waals surface area contributed by atoms with Gasteiger partial charge in [-0.2, -0.15) is 10.2 Å². The van der Waals surface area contributed by atoms with Crippen molar-refractivity contribution < 1.29 is 19.1 Å². The van der Waals surface area contributed by atoms with Crippen molar-refractivity contribution >= 4 is 64.3 Å². The second-order valence-corrected chi connectivity index (χ2v) is 21.1. The molecule has 56 heavy (non-hydrogen) atoms. The lowest BCUT2D eigenvalue weighted by atomic mass is 10.1. The molecule has 0 atom stereocenters. The van der Waals surface area contributed by atoms with Gasteiger partial charge in [0.1, 0.15) is 39.4 Å². The predicted octanol–water partition coefficient (Wildman–Crippen LogP) is 7.85. The van der Waals surface area contributed by atoms with Crippen LogP contribution in [0.3, 0.4) is 0 Å². The number of aromatic amines is 4. The van der Waals surface area contributed by atoms with E-state index in [0.29, 0.717) is 57.3 Å². The molecule has 15 nitrogen and oxygen atoms in total. The maximum absolute atomic E-state index is 13.2. The van der Waals surface area contributed by atoms with Crippen LogP contribution in [0.4, 0.5) is 0 Å². The predicted molar refractivity (Wildman–Crippen MR) is 219 cm³/mol. The molecule has 0 aliphatic carbocycles. The molecule has 8 aromatic rings. The average molecular weight is 772 g/mol. The van der Waals surface area contributed by atoms with Crippen molar-refractivity contribution in [3.05, 3.63) is 83.4 Å². The Bertz CT molecular complexity index is 2770. The van der Waals surface area contributed by atoms with Crippen LogP contribution in [0.25, 0.3) is 66.9 Å². The number of carbonyl (C=O) groups is 2. The maximum atomic E-state index is 13.2. The van der Waals surface area contributed by atoms with Gasteiger partial charge in [-0.1, -0.05) is 45.0 Å². The third-order valence-electron chi connectivity index (χ3n) is 10.2. The first-order valence-corrected chi connectivity index (χ1v) is 21.1. The van der Waals surface area contributed by atoms with Crippen molar-refractivity contribution in [2.45, 2.75) is 72.1 Å². The lowest BCUT2D eigenvalue weighted by Gasteiger charge is -2.39. The van der Waals surface area contributed by atoms with E-state index in [0.717, 1.165) is 32.9 Å². The van der Waals surface area contributed by atoms with Crippen molar-refractivity contribution in [1.29, 1.82) is 0 Å². The lowest BCUT2D eigenvalue weighted by molar-refractivity contribution is 0.0698. The molecule has 8 rings (SSSR count). The van der Waals surface area contributed by atoms with Gasteiger partial charge >= 0.3 is 5.97 Å². The summed E-state index contributed by atoms with van der Waals surface area (Å²) in [5, 5.41) is 29.0. The molecule has 0 saturated heterocycles. The van der Waals surface area contributed by atoms with Crippen LogP contribution >= 0.6 is 0 Å². The van der Waals surface area contributed by atoms with E-state index in [-0.39, 0.29) is 16.5 Å². The molecule has 1 amide bonds. The van der Waals surface area contributed by atoms with Gasteiger partial charge in [-0.05, 0) is 69.1 Å². The SMILES string of the molecule is Cc1ccc2c(-c3cnc4[nH]cc(C(=O)NC(C)(C)CO[Si](C)(C)C(C)(C)C)c4n3)n[nH]c2c1.Cc1ccc2c(-c3cnc4[nH]cc(C(=O)O)c4n3)n[nH]c2c1. The molecule has 6 aromatic heterocycles. The fourth-order valence-corrected chi connectivity index (χ4v) is 7.15. The Labute approximate surface area is 323 Å². The molecule has 0 saturated carbocycles. The first-order chi connectivity index (χ1) is 26.4. The minimum absolute atomic E-state index is 0.0973. The zero-order chi connectivity index (χ0) is 40.2. The number of carboxylic acid groups (broad SMARTS) is 1. The molecule has 6 heterocycles. The Kier molecular flexibility index (Phi) is 9.58. The normalized spacial score (nSPS) is 12.4. The van der Waals surface area contributed by atoms with Gasteiger partial charge < -0.3 is 24.8 Å². The number of nitrogens with zero attached hydrogens (tertiary/aromatic N) is 6. The molecule has 2 aromatic carbocycles. The third-order valence-corrected chi connectivity index (χ3v) is 14.7. The van der Waals surface area contributed by atoms with E-state index >= 15 is 0 Å². The summed E-state index contributed by atoms with van der Waals surface area (Å²) in [6.07, 6.45) is 6.30. The second kappa shape index (κ2) is 14.1. The summed E-state index contributed by atoms with van der Waals surface area (Å²) in [5.74, 6) is -1.26. The highest BCUT2D eigenvalue weighted by molar-refractivity contribution is 6.74. The smallest absolute Gasteiger partial charge is 0.339 e. The van der Waals surface area contributed by atoms with E-state index in [1.807, 2.05) is 64.1 Å². The van der Waals surface area contributed by atoms with E-state index < -0.39 is 19.8 Å². The number of aromatic carboxylic acids is 1. The zero-order valence-electron chi connectivity index (χ0n) is 32.8. The Morgan fingerprint density at radius 1 is 0.768 bits per heavy atom. The number of benzene rings is 2. The third kappa shape index (κ3) is 7.40. The van der Waals surface area contributed by atoms with Gasteiger partial charge in [0.25, 0.3) is 5.91 Å². The summed E-state index contributed by atoms with van der Waals surface area (Å²) in [7, 11) is -1.93. The molecule has 0 unspecified atom stereocenters. The molecule has 0 spiro atoms. The topological polar surface area (TPSA) is 216 Å². The number of aromatic nitrogens is 10. The number of carboxylic acids is 1. The van der Waals surface area contributed by atoms with Crippen LogP contribution in [-0.2, 0) is 4.43 Å². The van der Waals surface area contributed by atoms with Gasteiger partial charge in [-0.3, -0.25) is 15.0 Å². The maximum Gasteiger partial charge on any atom is 0.339 e. The number of fused-ring (bicyclic) bond motifs is 4. The van der Waals surface area contributed by atoms with E-state index in [1.54, 1.807) is 18.6 Å². The summed E-state index contributed by atoms with van der Waals surface area (Å²) < 4.78 is 6.36. The van der Waals surface area contributed by atoms with Crippen molar-refractivity contribution in [2.75, 3.05) is 6.61 Å². The standard InChI is InChI=1S/C25H34N6O2Si.C15H11N5O2/c1-15-9-10-16-18(11-15)30-31-20(16)19-13-27-22-21(28-19)17(12-26-22)23(32)29-25(5,6)14-33-34(7,8)24(2,3)4;1-7-2-3-8-10(4-7)19-20-12(8)11-6-17-14-13(18-11)9(5-16-14)15(21)22/h9-13H,14H2,1-8H3,(H,26,27)(H,29,32)(H,30,31);2-6H,1H3,(H,16,17)(H,19,20)(H,21,22). The highest BCUT2D eigenvalue weighted by Crippen LogP contribution is 2.37. The molecular weight excluding hydrogens is 727 g/mol. The Morgan fingerprint density at radius 3 is 1.73 bits per heavy atom. The molecule has 16 heteroatoms. The number of H-pyrrole nitrogens is 4. The van der Waals surface area contributed by atoms with E-state index in [9.17, 15) is 14.7 Å². The fraction of sp³-hybridized carbons (Fsp3) is 0.300. The number of amides is 1. The molecule has 0 aliphatic heterocycles. The highest BCUT2D eigenvalue weighted by atomic mass is 28.4. The van der Waals surface area contributed by atoms with E-state index in [4.69, 9.17) is 9.41 Å². The molecular formula is C40H45N11O4Si. The highest BCUT2D eigenvalue weighted by Gasteiger charge is 2.39. The van der Waals surface area contributed by atoms with Gasteiger partial charge in [-0.25, -0.2) is 24.7 Å². The Morgan fingerprint density at radius 2 is 1.25 bits per heavy atom. The van der Waals surface area contributed by atoms with Gasteiger partial charge in [0, 0.05) is 23.2 Å². The summed E-state index contributed by atoms with van der Waals surface area (Å²) in [6.45, 7) is 19.5. The van der Waals surface area contributed by atoms with E-state index in [2.05, 4.69) is 84.5 Å². The monoisotopic (exact) mass is 771 g/mol. The molecule has 0 radical (unpaired) electrons. The van der Waals surface area contributed by atoms with Gasteiger partial charge in [0.05, 0.1) is 41.1 Å². The van der Waals surface area contributed by atoms with Crippen LogP contribution in [0.2, 0.25) is 18.1 Å². The van der Waals surface area contributed by atoms with Crippen molar-refractivity contribution in [1.82, 2.24) is 55.6 Å². The zero-order valence-corrected chi connectivity index (χ0v) is 33.8.